The van der Waals surface area contributed by atoms with Crippen LogP contribution in [0.3, 0.4) is 0 Å². The minimum Gasteiger partial charge on any atom is -0.462 e. The number of benzene rings is 2. The standard InChI is InChI=1S/C22H29NO3/c1-5-23(6-2)14-15-26-21(24)22(25,19-10-8-7-9-11-19)20-16-17(3)12-13-18(20)4/h7-13,16,25H,5-6,14-15H2,1-4H3/t22-/m0/s1. The van der Waals surface area contributed by atoms with Gasteiger partial charge in [-0.05, 0) is 38.1 Å². The number of hydrogen-bond acceptors (Lipinski definition) is 4. The first-order valence-electron chi connectivity index (χ1n) is 9.18. The lowest BCUT2D eigenvalue weighted by Gasteiger charge is -2.29. The normalized spacial score (nSPS) is 13.5. The molecule has 0 saturated heterocycles. The molecule has 2 rings (SSSR count). The van der Waals surface area contributed by atoms with Crippen LogP contribution in [0, 0.1) is 13.8 Å². The van der Waals surface area contributed by atoms with Crippen molar-refractivity contribution in [2.24, 2.45) is 0 Å². The zero-order valence-electron chi connectivity index (χ0n) is 16.2. The van der Waals surface area contributed by atoms with E-state index in [0.717, 1.165) is 24.2 Å². The lowest BCUT2D eigenvalue weighted by Crippen LogP contribution is -2.40. The maximum Gasteiger partial charge on any atom is 0.347 e. The zero-order chi connectivity index (χ0) is 19.2. The molecule has 1 atom stereocenters. The Labute approximate surface area is 156 Å². The van der Waals surface area contributed by atoms with E-state index in [1.165, 1.54) is 0 Å². The van der Waals surface area contributed by atoms with Crippen molar-refractivity contribution >= 4 is 5.97 Å². The molecule has 0 saturated carbocycles. The summed E-state index contributed by atoms with van der Waals surface area (Å²) in [6.45, 7) is 10.7. The highest BCUT2D eigenvalue weighted by Crippen LogP contribution is 2.33. The summed E-state index contributed by atoms with van der Waals surface area (Å²) in [5.41, 5.74) is 1.09. The summed E-state index contributed by atoms with van der Waals surface area (Å²) in [4.78, 5) is 15.2. The van der Waals surface area contributed by atoms with Gasteiger partial charge >= 0.3 is 5.97 Å². The van der Waals surface area contributed by atoms with Gasteiger partial charge in [-0.2, -0.15) is 0 Å². The van der Waals surface area contributed by atoms with Gasteiger partial charge in [-0.1, -0.05) is 67.9 Å². The van der Waals surface area contributed by atoms with Crippen molar-refractivity contribution in [2.75, 3.05) is 26.2 Å². The molecule has 2 aromatic rings. The minimum atomic E-state index is -1.82. The number of aliphatic hydroxyl groups is 1. The van der Waals surface area contributed by atoms with Crippen molar-refractivity contribution in [3.8, 4) is 0 Å². The predicted octanol–water partition coefficient (Wildman–Crippen LogP) is 3.42. The molecule has 0 aliphatic carbocycles. The van der Waals surface area contributed by atoms with E-state index in [4.69, 9.17) is 4.74 Å². The van der Waals surface area contributed by atoms with Gasteiger partial charge in [0.2, 0.25) is 5.60 Å². The summed E-state index contributed by atoms with van der Waals surface area (Å²) in [5, 5.41) is 11.5. The fourth-order valence-electron chi connectivity index (χ4n) is 3.10. The van der Waals surface area contributed by atoms with Crippen molar-refractivity contribution in [3.05, 3.63) is 70.8 Å². The van der Waals surface area contributed by atoms with Gasteiger partial charge in [0.15, 0.2) is 0 Å². The largest absolute Gasteiger partial charge is 0.462 e. The zero-order valence-corrected chi connectivity index (χ0v) is 16.2. The van der Waals surface area contributed by atoms with Gasteiger partial charge in [0, 0.05) is 12.1 Å². The first-order chi connectivity index (χ1) is 12.4. The Kier molecular flexibility index (Phi) is 6.95. The van der Waals surface area contributed by atoms with Crippen LogP contribution in [0.1, 0.15) is 36.1 Å². The number of carbonyl (C=O) groups is 1. The third kappa shape index (κ3) is 4.32. The van der Waals surface area contributed by atoms with Crippen LogP contribution in [-0.4, -0.2) is 42.2 Å². The number of hydrogen-bond donors (Lipinski definition) is 1. The average molecular weight is 355 g/mol. The van der Waals surface area contributed by atoms with E-state index in [-0.39, 0.29) is 6.61 Å². The van der Waals surface area contributed by atoms with Gasteiger partial charge in [0.1, 0.15) is 6.61 Å². The van der Waals surface area contributed by atoms with Crippen LogP contribution in [0.4, 0.5) is 0 Å². The molecule has 0 radical (unpaired) electrons. The summed E-state index contributed by atoms with van der Waals surface area (Å²) in [6, 6.07) is 14.7. The molecule has 0 heterocycles. The van der Waals surface area contributed by atoms with Gasteiger partial charge in [0.05, 0.1) is 0 Å². The third-order valence-corrected chi connectivity index (χ3v) is 4.80. The van der Waals surface area contributed by atoms with Crippen LogP contribution in [0.15, 0.2) is 48.5 Å². The maximum atomic E-state index is 13.0. The predicted molar refractivity (Wildman–Crippen MR) is 104 cm³/mol. The Hall–Kier alpha value is -2.17. The van der Waals surface area contributed by atoms with Crippen molar-refractivity contribution in [2.45, 2.75) is 33.3 Å². The summed E-state index contributed by atoms with van der Waals surface area (Å²) in [6.07, 6.45) is 0. The molecule has 1 N–H and O–H groups in total. The Morgan fingerprint density at radius 1 is 1.08 bits per heavy atom. The van der Waals surface area contributed by atoms with E-state index in [0.29, 0.717) is 17.7 Å². The summed E-state index contributed by atoms with van der Waals surface area (Å²) in [5.74, 6) is -0.635. The Balaban J connectivity index is 2.36. The molecule has 0 bridgehead atoms. The molecule has 0 aliphatic rings. The second kappa shape index (κ2) is 8.97. The average Bonchev–Trinajstić information content (AvgIpc) is 2.67. The van der Waals surface area contributed by atoms with E-state index < -0.39 is 11.6 Å². The van der Waals surface area contributed by atoms with E-state index in [9.17, 15) is 9.90 Å². The molecule has 0 aromatic heterocycles. The molecule has 2 aromatic carbocycles. The van der Waals surface area contributed by atoms with Gasteiger partial charge < -0.3 is 14.7 Å². The molecule has 0 amide bonds. The monoisotopic (exact) mass is 355 g/mol. The van der Waals surface area contributed by atoms with Gasteiger partial charge in [-0.15, -0.1) is 0 Å². The SMILES string of the molecule is CCN(CC)CCOC(=O)[C@](O)(c1ccccc1)c1cc(C)ccc1C. The van der Waals surface area contributed by atoms with Crippen molar-refractivity contribution in [1.82, 2.24) is 4.90 Å². The fourth-order valence-corrected chi connectivity index (χ4v) is 3.10. The van der Waals surface area contributed by atoms with Crippen LogP contribution in [0.2, 0.25) is 0 Å². The topological polar surface area (TPSA) is 49.8 Å². The Morgan fingerprint density at radius 3 is 2.35 bits per heavy atom. The lowest BCUT2D eigenvalue weighted by molar-refractivity contribution is -0.162. The van der Waals surface area contributed by atoms with E-state index in [1.807, 2.05) is 50.2 Å². The van der Waals surface area contributed by atoms with Crippen molar-refractivity contribution in [1.29, 1.82) is 0 Å². The molecule has 0 fully saturated rings. The van der Waals surface area contributed by atoms with Crippen LogP contribution in [-0.2, 0) is 15.1 Å². The number of esters is 1. The first kappa shape index (κ1) is 20.1. The molecule has 0 spiro atoms. The van der Waals surface area contributed by atoms with Crippen LogP contribution in [0.25, 0.3) is 0 Å². The quantitative estimate of drug-likeness (QED) is 0.737. The van der Waals surface area contributed by atoms with Gasteiger partial charge in [-0.25, -0.2) is 4.79 Å². The molecular weight excluding hydrogens is 326 g/mol. The second-order valence-corrected chi connectivity index (χ2v) is 6.56. The highest BCUT2D eigenvalue weighted by Gasteiger charge is 2.42. The molecule has 0 aliphatic heterocycles. The molecule has 4 heteroatoms. The Bertz CT molecular complexity index is 725. The van der Waals surface area contributed by atoms with Crippen LogP contribution >= 0.6 is 0 Å². The van der Waals surface area contributed by atoms with E-state index >= 15 is 0 Å². The van der Waals surface area contributed by atoms with E-state index in [1.54, 1.807) is 12.1 Å². The van der Waals surface area contributed by atoms with E-state index in [2.05, 4.69) is 18.7 Å². The molecule has 140 valence electrons. The van der Waals surface area contributed by atoms with Crippen LogP contribution < -0.4 is 0 Å². The molecule has 4 nitrogen and oxygen atoms in total. The lowest BCUT2D eigenvalue weighted by atomic mass is 9.83. The molecule has 0 unspecified atom stereocenters. The van der Waals surface area contributed by atoms with Crippen molar-refractivity contribution < 1.29 is 14.6 Å². The van der Waals surface area contributed by atoms with Gasteiger partial charge in [-0.3, -0.25) is 0 Å². The number of carbonyl (C=O) groups excluding carboxylic acids is 1. The third-order valence-electron chi connectivity index (χ3n) is 4.80. The number of nitrogens with zero attached hydrogens (tertiary/aromatic N) is 1. The minimum absolute atomic E-state index is 0.251. The highest BCUT2D eigenvalue weighted by atomic mass is 16.5. The first-order valence-corrected chi connectivity index (χ1v) is 9.18. The summed E-state index contributed by atoms with van der Waals surface area (Å²) >= 11 is 0. The fraction of sp³-hybridized carbons (Fsp3) is 0.409. The maximum absolute atomic E-state index is 13.0. The van der Waals surface area contributed by atoms with Crippen LogP contribution in [0.5, 0.6) is 0 Å². The molecule has 26 heavy (non-hydrogen) atoms. The molecular formula is C22H29NO3. The summed E-state index contributed by atoms with van der Waals surface area (Å²) in [7, 11) is 0. The summed E-state index contributed by atoms with van der Waals surface area (Å²) < 4.78 is 5.51. The number of rotatable bonds is 8. The number of likely N-dealkylation sites (N-methyl/N-ethyl adjacent to an activating group) is 1. The number of ether oxygens (including phenoxy) is 1. The van der Waals surface area contributed by atoms with Crippen molar-refractivity contribution in [3.63, 3.8) is 0 Å². The highest BCUT2D eigenvalue weighted by molar-refractivity contribution is 5.86. The van der Waals surface area contributed by atoms with Gasteiger partial charge in [0.25, 0.3) is 0 Å². The smallest absolute Gasteiger partial charge is 0.347 e. The second-order valence-electron chi connectivity index (χ2n) is 6.56. The number of aryl methyl sites for hydroxylation is 2. The Morgan fingerprint density at radius 2 is 1.73 bits per heavy atom.